The van der Waals surface area contributed by atoms with E-state index in [0.29, 0.717) is 17.9 Å². The van der Waals surface area contributed by atoms with Crippen LogP contribution < -0.4 is 10.2 Å². The highest BCUT2D eigenvalue weighted by atomic mass is 16.7. The number of nitrogens with zero attached hydrogens (tertiary/aromatic N) is 1. The second-order valence-electron chi connectivity index (χ2n) is 9.69. The molecular weight excluding hydrogens is 361 g/mol. The first-order valence-corrected chi connectivity index (χ1v) is 10.0. The van der Waals surface area contributed by atoms with Crippen LogP contribution in [0.15, 0.2) is 42.5 Å². The minimum absolute atomic E-state index is 0.122. The van der Waals surface area contributed by atoms with Gasteiger partial charge >= 0.3 is 7.12 Å². The molecule has 1 fully saturated rings. The maximum Gasteiger partial charge on any atom is 0.494 e. The van der Waals surface area contributed by atoms with Crippen LogP contribution >= 0.6 is 0 Å². The van der Waals surface area contributed by atoms with E-state index in [9.17, 15) is 5.26 Å². The van der Waals surface area contributed by atoms with Crippen molar-refractivity contribution in [2.75, 3.05) is 0 Å². The summed E-state index contributed by atoms with van der Waals surface area (Å²) < 4.78 is 18.1. The first-order valence-electron chi connectivity index (χ1n) is 10.0. The molecular formula is C24H30BNO3. The Morgan fingerprint density at radius 1 is 0.966 bits per heavy atom. The highest BCUT2D eigenvalue weighted by Crippen LogP contribution is 2.36. The summed E-state index contributed by atoms with van der Waals surface area (Å²) in [5.41, 5.74) is 2.93. The van der Waals surface area contributed by atoms with E-state index in [0.717, 1.165) is 11.0 Å². The Bertz CT molecular complexity index is 905. The highest BCUT2D eigenvalue weighted by molar-refractivity contribution is 6.62. The van der Waals surface area contributed by atoms with Crippen LogP contribution in [0.5, 0.6) is 5.75 Å². The summed E-state index contributed by atoms with van der Waals surface area (Å²) in [5.74, 6) is 0.563. The van der Waals surface area contributed by atoms with Crippen LogP contribution in [0.1, 0.15) is 65.2 Å². The predicted molar refractivity (Wildman–Crippen MR) is 116 cm³/mol. The highest BCUT2D eigenvalue weighted by Gasteiger charge is 2.51. The maximum absolute atomic E-state index is 9.60. The van der Waals surface area contributed by atoms with Crippen molar-refractivity contribution in [1.82, 2.24) is 0 Å². The average molecular weight is 391 g/mol. The van der Waals surface area contributed by atoms with Crippen LogP contribution in [0.2, 0.25) is 0 Å². The number of benzene rings is 2. The van der Waals surface area contributed by atoms with Crippen LogP contribution in [-0.4, -0.2) is 18.3 Å². The molecule has 2 aromatic carbocycles. The van der Waals surface area contributed by atoms with Crippen molar-refractivity contribution in [3.05, 3.63) is 59.2 Å². The molecule has 1 aliphatic rings. The lowest BCUT2D eigenvalue weighted by Gasteiger charge is -2.32. The molecule has 1 aliphatic heterocycles. The minimum atomic E-state index is -0.494. The standard InChI is InChI=1S/C24H30BNO3/c1-22(2,3)19-10-8-17(9-11-19)16-27-21-13-12-20(14-18(21)15-26)25-28-23(4,5)24(6,7)29-25/h8-14H,16H2,1-7H3. The number of hydrogen-bond acceptors (Lipinski definition) is 4. The van der Waals surface area contributed by atoms with Crippen LogP contribution in [0.3, 0.4) is 0 Å². The van der Waals surface area contributed by atoms with Crippen molar-refractivity contribution in [3.8, 4) is 11.8 Å². The third-order valence-corrected chi connectivity index (χ3v) is 5.86. The Morgan fingerprint density at radius 3 is 2.07 bits per heavy atom. The monoisotopic (exact) mass is 391 g/mol. The van der Waals surface area contributed by atoms with E-state index in [1.807, 2.05) is 39.8 Å². The summed E-state index contributed by atoms with van der Waals surface area (Å²) in [4.78, 5) is 0. The van der Waals surface area contributed by atoms with E-state index < -0.39 is 18.3 Å². The quantitative estimate of drug-likeness (QED) is 0.707. The number of hydrogen-bond donors (Lipinski definition) is 0. The van der Waals surface area contributed by atoms with E-state index in [1.54, 1.807) is 6.07 Å². The summed E-state index contributed by atoms with van der Waals surface area (Å²) in [6.45, 7) is 15.1. The van der Waals surface area contributed by atoms with Crippen molar-refractivity contribution in [1.29, 1.82) is 5.26 Å². The van der Waals surface area contributed by atoms with Gasteiger partial charge < -0.3 is 14.0 Å². The van der Waals surface area contributed by atoms with E-state index in [-0.39, 0.29) is 5.41 Å². The molecule has 5 heteroatoms. The molecule has 4 nitrogen and oxygen atoms in total. The smallest absolute Gasteiger partial charge is 0.488 e. The molecule has 0 N–H and O–H groups in total. The van der Waals surface area contributed by atoms with Crippen molar-refractivity contribution < 1.29 is 14.0 Å². The summed E-state index contributed by atoms with van der Waals surface area (Å²) in [7, 11) is -0.494. The molecule has 0 unspecified atom stereocenters. The fraction of sp³-hybridized carbons (Fsp3) is 0.458. The summed E-state index contributed by atoms with van der Waals surface area (Å²) in [6, 6.07) is 16.2. The molecule has 1 saturated heterocycles. The van der Waals surface area contributed by atoms with Crippen LogP contribution in [-0.2, 0) is 21.3 Å². The van der Waals surface area contributed by atoms with Crippen LogP contribution in [0, 0.1) is 11.3 Å². The lowest BCUT2D eigenvalue weighted by atomic mass is 9.78. The topological polar surface area (TPSA) is 51.5 Å². The van der Waals surface area contributed by atoms with Gasteiger partial charge in [0.05, 0.1) is 16.8 Å². The van der Waals surface area contributed by atoms with Gasteiger partial charge in [0.2, 0.25) is 0 Å². The van der Waals surface area contributed by atoms with Gasteiger partial charge in [-0.25, -0.2) is 0 Å². The fourth-order valence-corrected chi connectivity index (χ4v) is 3.15. The molecule has 0 spiro atoms. The zero-order chi connectivity index (χ0) is 21.4. The first-order chi connectivity index (χ1) is 13.4. The van der Waals surface area contributed by atoms with Gasteiger partial charge in [0.15, 0.2) is 0 Å². The molecule has 0 aromatic heterocycles. The van der Waals surface area contributed by atoms with Gasteiger partial charge in [-0.15, -0.1) is 0 Å². The van der Waals surface area contributed by atoms with Gasteiger partial charge in [-0.05, 0) is 61.8 Å². The second-order valence-corrected chi connectivity index (χ2v) is 9.69. The van der Waals surface area contributed by atoms with Crippen LogP contribution in [0.25, 0.3) is 0 Å². The Labute approximate surface area is 174 Å². The summed E-state index contributed by atoms with van der Waals surface area (Å²) in [6.07, 6.45) is 0. The molecule has 152 valence electrons. The Balaban J connectivity index is 1.73. The van der Waals surface area contributed by atoms with E-state index in [1.165, 1.54) is 5.56 Å². The minimum Gasteiger partial charge on any atom is -0.488 e. The average Bonchev–Trinajstić information content (AvgIpc) is 2.87. The molecule has 2 aromatic rings. The van der Waals surface area contributed by atoms with Gasteiger partial charge in [0, 0.05) is 0 Å². The summed E-state index contributed by atoms with van der Waals surface area (Å²) in [5, 5.41) is 9.60. The SMILES string of the molecule is CC(C)(C)c1ccc(COc2ccc(B3OC(C)(C)C(C)(C)O3)cc2C#N)cc1. The predicted octanol–water partition coefficient (Wildman–Crippen LogP) is 4.73. The van der Waals surface area contributed by atoms with E-state index in [2.05, 4.69) is 51.1 Å². The lowest BCUT2D eigenvalue weighted by Crippen LogP contribution is -2.41. The van der Waals surface area contributed by atoms with Crippen molar-refractivity contribution in [3.63, 3.8) is 0 Å². The fourth-order valence-electron chi connectivity index (χ4n) is 3.15. The molecule has 3 rings (SSSR count). The summed E-state index contributed by atoms with van der Waals surface area (Å²) >= 11 is 0. The van der Waals surface area contributed by atoms with Crippen molar-refractivity contribution in [2.24, 2.45) is 0 Å². The molecule has 0 radical (unpaired) electrons. The first kappa shape index (κ1) is 21.4. The van der Waals surface area contributed by atoms with E-state index >= 15 is 0 Å². The molecule has 0 bridgehead atoms. The number of rotatable bonds is 4. The third-order valence-electron chi connectivity index (χ3n) is 5.86. The molecule has 0 amide bonds. The molecule has 29 heavy (non-hydrogen) atoms. The molecule has 1 heterocycles. The third kappa shape index (κ3) is 4.50. The van der Waals surface area contributed by atoms with Gasteiger partial charge in [0.1, 0.15) is 18.4 Å². The maximum atomic E-state index is 9.60. The molecule has 0 atom stereocenters. The Hall–Kier alpha value is -2.29. The molecule has 0 aliphatic carbocycles. The zero-order valence-corrected chi connectivity index (χ0v) is 18.5. The number of ether oxygens (including phenoxy) is 1. The Morgan fingerprint density at radius 2 is 1.55 bits per heavy atom. The zero-order valence-electron chi connectivity index (χ0n) is 18.5. The molecule has 0 saturated carbocycles. The van der Waals surface area contributed by atoms with Crippen molar-refractivity contribution >= 4 is 12.6 Å². The van der Waals surface area contributed by atoms with Crippen molar-refractivity contribution in [2.45, 2.75) is 71.7 Å². The Kier molecular flexibility index (Phi) is 5.55. The van der Waals surface area contributed by atoms with Gasteiger partial charge in [-0.3, -0.25) is 0 Å². The lowest BCUT2D eigenvalue weighted by molar-refractivity contribution is 0.00578. The second kappa shape index (κ2) is 7.52. The number of nitriles is 1. The van der Waals surface area contributed by atoms with Gasteiger partial charge in [-0.1, -0.05) is 51.1 Å². The van der Waals surface area contributed by atoms with Crippen LogP contribution in [0.4, 0.5) is 0 Å². The largest absolute Gasteiger partial charge is 0.494 e. The van der Waals surface area contributed by atoms with E-state index in [4.69, 9.17) is 14.0 Å². The normalized spacial score (nSPS) is 17.8. The van der Waals surface area contributed by atoms with Gasteiger partial charge in [0.25, 0.3) is 0 Å². The van der Waals surface area contributed by atoms with Gasteiger partial charge in [-0.2, -0.15) is 5.26 Å².